The Bertz CT molecular complexity index is 1020. The molecule has 1 aromatic heterocycles. The molecule has 3 rings (SSSR count). The highest BCUT2D eigenvalue weighted by Gasteiger charge is 2.14. The van der Waals surface area contributed by atoms with Gasteiger partial charge in [-0.05, 0) is 49.2 Å². The number of carbonyl (C=O) groups is 2. The second-order valence-electron chi connectivity index (χ2n) is 6.14. The van der Waals surface area contributed by atoms with Crippen molar-refractivity contribution in [1.29, 1.82) is 0 Å². The first kappa shape index (κ1) is 19.6. The van der Waals surface area contributed by atoms with Crippen LogP contribution in [0.4, 0.5) is 0 Å². The van der Waals surface area contributed by atoms with Gasteiger partial charge in [-0.2, -0.15) is 4.98 Å². The first-order valence-electron chi connectivity index (χ1n) is 8.52. The number of halogens is 1. The number of hydrogen-bond acceptors (Lipinski definition) is 6. The molecule has 1 N–H and O–H groups in total. The highest BCUT2D eigenvalue weighted by atomic mass is 35.5. The van der Waals surface area contributed by atoms with E-state index >= 15 is 0 Å². The van der Waals surface area contributed by atoms with Crippen molar-refractivity contribution in [3.8, 4) is 11.5 Å². The molecule has 1 heterocycles. The molecule has 0 atom stereocenters. The third-order valence-corrected chi connectivity index (χ3v) is 4.43. The smallest absolute Gasteiger partial charge is 0.325 e. The second-order valence-corrected chi connectivity index (χ2v) is 6.55. The van der Waals surface area contributed by atoms with Crippen LogP contribution >= 0.6 is 11.6 Å². The number of carbonyl (C=O) groups excluding carboxylic acids is 2. The molecule has 0 bridgehead atoms. The summed E-state index contributed by atoms with van der Waals surface area (Å²) in [5, 5.41) is 6.76. The Morgan fingerprint density at radius 2 is 1.93 bits per heavy atom. The molecule has 0 fully saturated rings. The van der Waals surface area contributed by atoms with Gasteiger partial charge in [-0.3, -0.25) is 9.59 Å². The Hall–Kier alpha value is -3.19. The molecule has 0 aliphatic rings. The van der Waals surface area contributed by atoms with Crippen LogP contribution in [0.15, 0.2) is 47.0 Å². The molecule has 0 unspecified atom stereocenters. The molecular weight excluding hydrogens is 382 g/mol. The molecule has 0 aliphatic heterocycles. The topological polar surface area (TPSA) is 94.3 Å². The van der Waals surface area contributed by atoms with Crippen LogP contribution < -0.4 is 5.32 Å². The Labute approximate surface area is 166 Å². The van der Waals surface area contributed by atoms with Crippen molar-refractivity contribution in [3.63, 3.8) is 0 Å². The van der Waals surface area contributed by atoms with Crippen LogP contribution in [0.5, 0.6) is 0 Å². The number of amides is 1. The minimum atomic E-state index is -0.610. The number of esters is 1. The van der Waals surface area contributed by atoms with E-state index in [1.165, 1.54) is 0 Å². The van der Waals surface area contributed by atoms with Gasteiger partial charge in [0, 0.05) is 5.56 Å². The first-order chi connectivity index (χ1) is 13.4. The van der Waals surface area contributed by atoms with E-state index in [4.69, 9.17) is 20.9 Å². The maximum absolute atomic E-state index is 12.1. The molecule has 7 nitrogen and oxygen atoms in total. The van der Waals surface area contributed by atoms with Crippen molar-refractivity contribution in [2.45, 2.75) is 20.5 Å². The summed E-state index contributed by atoms with van der Waals surface area (Å²) in [4.78, 5) is 28.1. The number of hydrogen-bond donors (Lipinski definition) is 1. The van der Waals surface area contributed by atoms with Gasteiger partial charge in [-0.15, -0.1) is 0 Å². The van der Waals surface area contributed by atoms with E-state index in [9.17, 15) is 9.59 Å². The van der Waals surface area contributed by atoms with Gasteiger partial charge in [0.2, 0.25) is 5.82 Å². The average molecular weight is 400 g/mol. The zero-order chi connectivity index (χ0) is 20.1. The molecule has 0 saturated carbocycles. The summed E-state index contributed by atoms with van der Waals surface area (Å²) in [6, 6.07) is 12.4. The fraction of sp³-hybridized carbons (Fsp3) is 0.200. The van der Waals surface area contributed by atoms with Crippen LogP contribution in [0.2, 0.25) is 5.02 Å². The van der Waals surface area contributed by atoms with E-state index in [0.717, 1.165) is 11.1 Å². The van der Waals surface area contributed by atoms with Gasteiger partial charge in [0.1, 0.15) is 6.54 Å². The molecule has 2 aromatic carbocycles. The predicted octanol–water partition coefficient (Wildman–Crippen LogP) is 3.48. The molecule has 144 valence electrons. The van der Waals surface area contributed by atoms with Crippen molar-refractivity contribution in [2.24, 2.45) is 0 Å². The molecule has 3 aromatic rings. The van der Waals surface area contributed by atoms with Crippen LogP contribution in [0.3, 0.4) is 0 Å². The maximum atomic E-state index is 12.1. The van der Waals surface area contributed by atoms with Crippen LogP contribution in [-0.2, 0) is 16.1 Å². The summed E-state index contributed by atoms with van der Waals surface area (Å²) in [5.41, 5.74) is 3.17. The van der Waals surface area contributed by atoms with Gasteiger partial charge in [0.05, 0.1) is 10.6 Å². The van der Waals surface area contributed by atoms with Crippen molar-refractivity contribution < 1.29 is 18.8 Å². The summed E-state index contributed by atoms with van der Waals surface area (Å²) in [6.45, 7) is 3.44. The lowest BCUT2D eigenvalue weighted by Crippen LogP contribution is -2.30. The number of rotatable bonds is 6. The van der Waals surface area contributed by atoms with Gasteiger partial charge in [0.25, 0.3) is 11.8 Å². The summed E-state index contributed by atoms with van der Waals surface area (Å²) < 4.78 is 10.2. The molecule has 0 spiro atoms. The van der Waals surface area contributed by atoms with Gasteiger partial charge in [0.15, 0.2) is 6.61 Å². The standard InChI is InChI=1S/C20H18ClN3O4/c1-12-7-8-14(9-13(12)2)19(26)22-10-18(25)27-11-17-23-20(28-24-17)15-5-3-4-6-16(15)21/h3-9H,10-11H2,1-2H3,(H,22,26). The fourth-order valence-corrected chi connectivity index (χ4v) is 2.61. The van der Waals surface area contributed by atoms with E-state index in [0.29, 0.717) is 16.1 Å². The van der Waals surface area contributed by atoms with Gasteiger partial charge < -0.3 is 14.6 Å². The molecule has 28 heavy (non-hydrogen) atoms. The SMILES string of the molecule is Cc1ccc(C(=O)NCC(=O)OCc2noc(-c3ccccc3Cl)n2)cc1C. The monoisotopic (exact) mass is 399 g/mol. The maximum Gasteiger partial charge on any atom is 0.325 e. The number of nitrogens with one attached hydrogen (secondary N) is 1. The Morgan fingerprint density at radius 1 is 1.14 bits per heavy atom. The summed E-state index contributed by atoms with van der Waals surface area (Å²) in [5.74, 6) is -0.523. The lowest BCUT2D eigenvalue weighted by Gasteiger charge is -2.07. The van der Waals surface area contributed by atoms with E-state index < -0.39 is 5.97 Å². The van der Waals surface area contributed by atoms with Crippen LogP contribution in [-0.4, -0.2) is 28.6 Å². The van der Waals surface area contributed by atoms with Gasteiger partial charge in [-0.25, -0.2) is 0 Å². The first-order valence-corrected chi connectivity index (χ1v) is 8.90. The Balaban J connectivity index is 1.50. The summed E-state index contributed by atoms with van der Waals surface area (Å²) in [6.07, 6.45) is 0. The zero-order valence-corrected chi connectivity index (χ0v) is 16.1. The van der Waals surface area contributed by atoms with Crippen LogP contribution in [0.1, 0.15) is 27.3 Å². The van der Waals surface area contributed by atoms with Crippen LogP contribution in [0, 0.1) is 13.8 Å². The van der Waals surface area contributed by atoms with Gasteiger partial charge >= 0.3 is 5.97 Å². The predicted molar refractivity (Wildman–Crippen MR) is 103 cm³/mol. The zero-order valence-electron chi connectivity index (χ0n) is 15.4. The Kier molecular flexibility index (Phi) is 6.06. The van der Waals surface area contributed by atoms with Crippen molar-refractivity contribution in [2.75, 3.05) is 6.54 Å². The molecule has 0 aliphatic carbocycles. The average Bonchev–Trinajstić information content (AvgIpc) is 3.15. The normalized spacial score (nSPS) is 10.5. The Morgan fingerprint density at radius 3 is 2.68 bits per heavy atom. The molecule has 0 saturated heterocycles. The minimum absolute atomic E-state index is 0.174. The number of aryl methyl sites for hydroxylation is 2. The van der Waals surface area contributed by atoms with E-state index in [-0.39, 0.29) is 30.8 Å². The quantitative estimate of drug-likeness (QED) is 0.638. The van der Waals surface area contributed by atoms with E-state index in [2.05, 4.69) is 15.5 Å². The second kappa shape index (κ2) is 8.67. The largest absolute Gasteiger partial charge is 0.456 e. The van der Waals surface area contributed by atoms with Gasteiger partial charge in [-0.1, -0.05) is 35.0 Å². The molecule has 8 heteroatoms. The van der Waals surface area contributed by atoms with Crippen molar-refractivity contribution >= 4 is 23.5 Å². The summed E-state index contributed by atoms with van der Waals surface area (Å²) >= 11 is 6.08. The molecular formula is C20H18ClN3O4. The number of ether oxygens (including phenoxy) is 1. The van der Waals surface area contributed by atoms with Crippen LogP contribution in [0.25, 0.3) is 11.5 Å². The lowest BCUT2D eigenvalue weighted by molar-refractivity contribution is -0.143. The fourth-order valence-electron chi connectivity index (χ4n) is 2.39. The minimum Gasteiger partial charge on any atom is -0.456 e. The number of aromatic nitrogens is 2. The third-order valence-electron chi connectivity index (χ3n) is 4.10. The van der Waals surface area contributed by atoms with Crippen molar-refractivity contribution in [3.05, 3.63) is 70.0 Å². The molecule has 1 amide bonds. The van der Waals surface area contributed by atoms with Crippen molar-refractivity contribution in [1.82, 2.24) is 15.5 Å². The number of benzene rings is 2. The number of nitrogens with zero attached hydrogens (tertiary/aromatic N) is 2. The highest BCUT2D eigenvalue weighted by molar-refractivity contribution is 6.33. The van der Waals surface area contributed by atoms with E-state index in [1.54, 1.807) is 36.4 Å². The lowest BCUT2D eigenvalue weighted by atomic mass is 10.1. The summed E-state index contributed by atoms with van der Waals surface area (Å²) in [7, 11) is 0. The molecule has 0 radical (unpaired) electrons. The highest BCUT2D eigenvalue weighted by Crippen LogP contribution is 2.25. The van der Waals surface area contributed by atoms with E-state index in [1.807, 2.05) is 19.9 Å². The third kappa shape index (κ3) is 4.75.